The van der Waals surface area contributed by atoms with Crippen molar-refractivity contribution < 1.29 is 0 Å². The first kappa shape index (κ1) is 4.54. The minimum Gasteiger partial charge on any atom is -0.0847 e. The smallest absolute Gasteiger partial charge is 0.0172 e. The fraction of sp³-hybridized carbons (Fsp3) is 0.778. The van der Waals surface area contributed by atoms with Crippen LogP contribution in [-0.4, -0.2) is 0 Å². The highest BCUT2D eigenvalue weighted by atomic mass is 14.5. The number of hydrogen-bond acceptors (Lipinski definition) is 0. The molecule has 2 fully saturated rings. The summed E-state index contributed by atoms with van der Waals surface area (Å²) in [6.07, 6.45) is 8.48. The molecule has 0 spiro atoms. The topological polar surface area (TPSA) is 0 Å². The first-order chi connectivity index (χ1) is 4.45. The van der Waals surface area contributed by atoms with Crippen molar-refractivity contribution in [3.8, 4) is 0 Å². The summed E-state index contributed by atoms with van der Waals surface area (Å²) in [5, 5.41) is 0. The second kappa shape index (κ2) is 1.25. The van der Waals surface area contributed by atoms with Gasteiger partial charge in [0.15, 0.2) is 0 Å². The Morgan fingerprint density at radius 3 is 2.78 bits per heavy atom. The van der Waals surface area contributed by atoms with E-state index in [1.807, 2.05) is 5.57 Å². The molecule has 0 saturated heterocycles. The Labute approximate surface area is 56.0 Å². The summed E-state index contributed by atoms with van der Waals surface area (Å²) in [4.78, 5) is 0. The van der Waals surface area contributed by atoms with Crippen LogP contribution in [0.3, 0.4) is 0 Å². The molecule has 9 heavy (non-hydrogen) atoms. The van der Waals surface area contributed by atoms with Gasteiger partial charge in [0.05, 0.1) is 0 Å². The van der Waals surface area contributed by atoms with Gasteiger partial charge in [-0.1, -0.05) is 11.6 Å². The van der Waals surface area contributed by atoms with Crippen LogP contribution in [0.5, 0.6) is 0 Å². The number of allylic oxidation sites excluding steroid dienone is 2. The minimum atomic E-state index is 1.09. The molecular weight excluding hydrogens is 108 g/mol. The molecule has 0 aromatic carbocycles. The van der Waals surface area contributed by atoms with Crippen LogP contribution in [0.15, 0.2) is 11.6 Å². The molecule has 0 heterocycles. The average molecular weight is 120 g/mol. The van der Waals surface area contributed by atoms with E-state index in [-0.39, 0.29) is 0 Å². The van der Waals surface area contributed by atoms with Crippen molar-refractivity contribution >= 4 is 0 Å². The van der Waals surface area contributed by atoms with Crippen LogP contribution in [0.4, 0.5) is 0 Å². The molecule has 3 rings (SSSR count). The van der Waals surface area contributed by atoms with Gasteiger partial charge in [-0.25, -0.2) is 0 Å². The molecule has 0 amide bonds. The molecule has 2 saturated carbocycles. The predicted molar refractivity (Wildman–Crippen MR) is 37.0 cm³/mol. The number of fused-ring (bicyclic) bond motifs is 5. The summed E-state index contributed by atoms with van der Waals surface area (Å²) in [6, 6.07) is 0. The van der Waals surface area contributed by atoms with Gasteiger partial charge in [-0.2, -0.15) is 0 Å². The molecule has 48 valence electrons. The molecular formula is C9H12. The molecule has 0 heteroatoms. The van der Waals surface area contributed by atoms with E-state index in [1.165, 1.54) is 19.3 Å². The highest BCUT2D eigenvalue weighted by molar-refractivity contribution is 5.25. The van der Waals surface area contributed by atoms with Crippen LogP contribution >= 0.6 is 0 Å². The Hall–Kier alpha value is -0.260. The van der Waals surface area contributed by atoms with E-state index < -0.39 is 0 Å². The Bertz CT molecular complexity index is 178. The first-order valence-electron chi connectivity index (χ1n) is 4.14. The predicted octanol–water partition coefficient (Wildman–Crippen LogP) is 2.36. The maximum atomic E-state index is 2.50. The van der Waals surface area contributed by atoms with Crippen LogP contribution in [0.25, 0.3) is 0 Å². The largest absolute Gasteiger partial charge is 0.0847 e. The molecule has 3 atom stereocenters. The molecule has 3 aliphatic carbocycles. The number of hydrogen-bond donors (Lipinski definition) is 0. The van der Waals surface area contributed by atoms with Gasteiger partial charge in [0.2, 0.25) is 0 Å². The van der Waals surface area contributed by atoms with E-state index in [2.05, 4.69) is 6.08 Å². The maximum absolute atomic E-state index is 2.50. The van der Waals surface area contributed by atoms with Gasteiger partial charge in [-0.05, 0) is 43.4 Å². The monoisotopic (exact) mass is 120 g/mol. The van der Waals surface area contributed by atoms with Crippen molar-refractivity contribution in [1.82, 2.24) is 0 Å². The Balaban J connectivity index is 2.06. The summed E-state index contributed by atoms with van der Waals surface area (Å²) in [5.41, 5.74) is 1.83. The van der Waals surface area contributed by atoms with E-state index in [0.717, 1.165) is 17.8 Å². The van der Waals surface area contributed by atoms with Crippen molar-refractivity contribution in [2.45, 2.75) is 25.7 Å². The van der Waals surface area contributed by atoms with Gasteiger partial charge >= 0.3 is 0 Å². The van der Waals surface area contributed by atoms with E-state index in [4.69, 9.17) is 0 Å². The second-order valence-corrected chi connectivity index (χ2v) is 3.83. The van der Waals surface area contributed by atoms with Gasteiger partial charge in [0.1, 0.15) is 0 Å². The van der Waals surface area contributed by atoms with Gasteiger partial charge in [-0.15, -0.1) is 0 Å². The minimum absolute atomic E-state index is 1.09. The van der Waals surface area contributed by atoms with Crippen LogP contribution < -0.4 is 0 Å². The lowest BCUT2D eigenvalue weighted by Gasteiger charge is -2.36. The lowest BCUT2D eigenvalue weighted by molar-refractivity contribution is 0.179. The zero-order valence-electron chi connectivity index (χ0n) is 5.64. The third-order valence-electron chi connectivity index (χ3n) is 3.59. The van der Waals surface area contributed by atoms with Crippen molar-refractivity contribution in [3.63, 3.8) is 0 Å². The van der Waals surface area contributed by atoms with Crippen molar-refractivity contribution in [2.75, 3.05) is 0 Å². The fourth-order valence-corrected chi connectivity index (χ4v) is 2.95. The molecule has 0 aromatic rings. The van der Waals surface area contributed by atoms with Crippen molar-refractivity contribution in [3.05, 3.63) is 11.6 Å². The summed E-state index contributed by atoms with van der Waals surface area (Å²) < 4.78 is 0. The molecule has 0 radical (unpaired) electrons. The Morgan fingerprint density at radius 1 is 1.33 bits per heavy atom. The first-order valence-corrected chi connectivity index (χ1v) is 4.14. The van der Waals surface area contributed by atoms with Crippen molar-refractivity contribution in [1.29, 1.82) is 0 Å². The molecule has 3 unspecified atom stereocenters. The third-order valence-corrected chi connectivity index (χ3v) is 3.59. The van der Waals surface area contributed by atoms with E-state index in [0.29, 0.717) is 0 Å². The van der Waals surface area contributed by atoms with E-state index in [9.17, 15) is 0 Å². The van der Waals surface area contributed by atoms with Gasteiger partial charge in [-0.3, -0.25) is 0 Å². The van der Waals surface area contributed by atoms with Crippen LogP contribution in [0.1, 0.15) is 25.7 Å². The maximum Gasteiger partial charge on any atom is -0.0172 e. The van der Waals surface area contributed by atoms with Crippen LogP contribution in [0.2, 0.25) is 0 Å². The van der Waals surface area contributed by atoms with E-state index >= 15 is 0 Å². The summed E-state index contributed by atoms with van der Waals surface area (Å²) >= 11 is 0. The summed E-state index contributed by atoms with van der Waals surface area (Å²) in [7, 11) is 0. The fourth-order valence-electron chi connectivity index (χ4n) is 2.95. The van der Waals surface area contributed by atoms with Crippen LogP contribution in [0, 0.1) is 17.8 Å². The molecule has 2 bridgehead atoms. The quantitative estimate of drug-likeness (QED) is 0.430. The second-order valence-electron chi connectivity index (χ2n) is 3.83. The highest BCUT2D eigenvalue weighted by Crippen LogP contribution is 2.58. The highest BCUT2D eigenvalue weighted by Gasteiger charge is 2.47. The Morgan fingerprint density at radius 2 is 2.33 bits per heavy atom. The molecule has 0 aliphatic heterocycles. The van der Waals surface area contributed by atoms with Crippen LogP contribution in [-0.2, 0) is 0 Å². The van der Waals surface area contributed by atoms with Gasteiger partial charge < -0.3 is 0 Å². The standard InChI is InChI=1S/C9H12/c1-2-7-5-6(1)8-3-4-9(7)8/h1,7-9H,2-5H2. The normalized spacial score (nSPS) is 52.4. The third kappa shape index (κ3) is 0.385. The molecule has 0 aromatic heterocycles. The zero-order chi connectivity index (χ0) is 5.84. The Kier molecular flexibility index (Phi) is 0.633. The lowest BCUT2D eigenvalue weighted by Crippen LogP contribution is -2.27. The summed E-state index contributed by atoms with van der Waals surface area (Å²) in [5.74, 6) is 3.35. The van der Waals surface area contributed by atoms with E-state index in [1.54, 1.807) is 6.42 Å². The number of rotatable bonds is 0. The molecule has 0 nitrogen and oxygen atoms in total. The molecule has 3 aliphatic rings. The molecule has 0 N–H and O–H groups in total. The van der Waals surface area contributed by atoms with Gasteiger partial charge in [0.25, 0.3) is 0 Å². The lowest BCUT2D eigenvalue weighted by atomic mass is 9.69. The summed E-state index contributed by atoms with van der Waals surface area (Å²) in [6.45, 7) is 0. The van der Waals surface area contributed by atoms with Crippen molar-refractivity contribution in [2.24, 2.45) is 17.8 Å². The zero-order valence-corrected chi connectivity index (χ0v) is 5.64. The van der Waals surface area contributed by atoms with Gasteiger partial charge in [0, 0.05) is 0 Å². The average Bonchev–Trinajstić information content (AvgIpc) is 2.18. The SMILES string of the molecule is C1=C2CC(C1)C1CCC21.